The summed E-state index contributed by atoms with van der Waals surface area (Å²) in [4.78, 5) is 7.24. The molecule has 3 rings (SSSR count). The predicted octanol–water partition coefficient (Wildman–Crippen LogP) is 4.01. The first kappa shape index (κ1) is 13.7. The summed E-state index contributed by atoms with van der Waals surface area (Å²) in [6.07, 6.45) is 7.24. The van der Waals surface area contributed by atoms with Gasteiger partial charge in [0.15, 0.2) is 0 Å². The van der Waals surface area contributed by atoms with Crippen LogP contribution in [0.2, 0.25) is 0 Å². The molecule has 0 spiro atoms. The van der Waals surface area contributed by atoms with Gasteiger partial charge in [-0.3, -0.25) is 4.99 Å². The molecule has 0 N–H and O–H groups in total. The average molecular weight is 270 g/mol. The van der Waals surface area contributed by atoms with E-state index in [1.807, 2.05) is 0 Å². The molecule has 0 saturated carbocycles. The second-order valence-corrected chi connectivity index (χ2v) is 7.21. The Balaban J connectivity index is 1.83. The molecule has 1 aromatic carbocycles. The zero-order valence-electron chi connectivity index (χ0n) is 13.0. The van der Waals surface area contributed by atoms with Crippen LogP contribution in [0.1, 0.15) is 57.1 Å². The summed E-state index contributed by atoms with van der Waals surface area (Å²) in [6.45, 7) is 7.67. The van der Waals surface area contributed by atoms with Crippen LogP contribution in [0.15, 0.2) is 29.3 Å². The van der Waals surface area contributed by atoms with E-state index in [1.165, 1.54) is 32.2 Å². The number of piperidine rings is 1. The number of nitrogens with zero attached hydrogens (tertiary/aromatic N) is 2. The Morgan fingerprint density at radius 1 is 1.20 bits per heavy atom. The number of rotatable bonds is 1. The number of likely N-dealkylation sites (tertiary alicyclic amines) is 1. The van der Waals surface area contributed by atoms with Crippen molar-refractivity contribution in [1.82, 2.24) is 4.90 Å². The molecular weight excluding hydrogens is 244 g/mol. The van der Waals surface area contributed by atoms with E-state index in [2.05, 4.69) is 56.3 Å². The van der Waals surface area contributed by atoms with Crippen molar-refractivity contribution in [3.8, 4) is 0 Å². The van der Waals surface area contributed by atoms with Crippen LogP contribution in [0.3, 0.4) is 0 Å². The van der Waals surface area contributed by atoms with Crippen molar-refractivity contribution in [2.45, 2.75) is 64.0 Å². The van der Waals surface area contributed by atoms with Crippen molar-refractivity contribution in [2.75, 3.05) is 6.54 Å². The third-order valence-electron chi connectivity index (χ3n) is 4.58. The van der Waals surface area contributed by atoms with Gasteiger partial charge in [0, 0.05) is 18.5 Å². The lowest BCUT2D eigenvalue weighted by Crippen LogP contribution is -2.45. The Morgan fingerprint density at radius 2 is 2.00 bits per heavy atom. The Kier molecular flexibility index (Phi) is 3.57. The molecule has 1 saturated heterocycles. The van der Waals surface area contributed by atoms with Crippen LogP contribution in [0.5, 0.6) is 0 Å². The van der Waals surface area contributed by atoms with Crippen molar-refractivity contribution >= 4 is 6.34 Å². The van der Waals surface area contributed by atoms with E-state index in [0.717, 1.165) is 0 Å². The number of aryl methyl sites for hydroxylation is 1. The first-order valence-corrected chi connectivity index (χ1v) is 7.93. The van der Waals surface area contributed by atoms with Gasteiger partial charge in [0.2, 0.25) is 0 Å². The van der Waals surface area contributed by atoms with E-state index < -0.39 is 0 Å². The van der Waals surface area contributed by atoms with Gasteiger partial charge in [0.25, 0.3) is 0 Å². The quantitative estimate of drug-likeness (QED) is 0.556. The number of hydrogen-bond donors (Lipinski definition) is 0. The van der Waals surface area contributed by atoms with Crippen LogP contribution in [0.4, 0.5) is 0 Å². The van der Waals surface area contributed by atoms with Crippen LogP contribution in [-0.2, 0) is 6.42 Å². The monoisotopic (exact) mass is 270 g/mol. The van der Waals surface area contributed by atoms with Gasteiger partial charge in [-0.1, -0.05) is 24.3 Å². The summed E-state index contributed by atoms with van der Waals surface area (Å²) in [6, 6.07) is 9.69. The number of benzene rings is 1. The maximum absolute atomic E-state index is 4.73. The molecular formula is C18H26N2. The van der Waals surface area contributed by atoms with Crippen molar-refractivity contribution < 1.29 is 0 Å². The van der Waals surface area contributed by atoms with Gasteiger partial charge in [-0.15, -0.1) is 0 Å². The molecule has 0 aromatic heterocycles. The Labute approximate surface area is 122 Å². The van der Waals surface area contributed by atoms with Gasteiger partial charge in [-0.05, 0) is 57.6 Å². The van der Waals surface area contributed by atoms with Gasteiger partial charge in [-0.2, -0.15) is 0 Å². The Morgan fingerprint density at radius 3 is 2.80 bits per heavy atom. The summed E-state index contributed by atoms with van der Waals surface area (Å²) in [5.41, 5.74) is 3.19. The maximum atomic E-state index is 4.73. The lowest BCUT2D eigenvalue weighted by atomic mass is 9.74. The second-order valence-electron chi connectivity index (χ2n) is 7.21. The standard InChI is InChI=1S/C18H26N2/c1-18(2,3)19-13-20-12-6-9-16-15-8-5-4-7-14(15)10-11-17(16)20/h4-5,7-8,13,16-17H,6,9-12H2,1-3H3/t16-,17+/m1/s1. The molecule has 108 valence electrons. The topological polar surface area (TPSA) is 15.6 Å². The van der Waals surface area contributed by atoms with E-state index in [1.54, 1.807) is 11.1 Å². The molecule has 1 fully saturated rings. The minimum Gasteiger partial charge on any atom is -0.359 e. The molecule has 20 heavy (non-hydrogen) atoms. The molecule has 2 nitrogen and oxygen atoms in total. The Hall–Kier alpha value is -1.31. The van der Waals surface area contributed by atoms with Gasteiger partial charge < -0.3 is 4.90 Å². The molecule has 1 aromatic rings. The zero-order valence-corrected chi connectivity index (χ0v) is 13.0. The van der Waals surface area contributed by atoms with E-state index in [-0.39, 0.29) is 5.54 Å². The first-order valence-electron chi connectivity index (χ1n) is 7.93. The summed E-state index contributed by atoms with van der Waals surface area (Å²) < 4.78 is 0. The molecule has 2 aliphatic rings. The second kappa shape index (κ2) is 5.23. The molecule has 0 radical (unpaired) electrons. The lowest BCUT2D eigenvalue weighted by Gasteiger charge is -2.44. The highest BCUT2D eigenvalue weighted by atomic mass is 15.2. The summed E-state index contributed by atoms with van der Waals surface area (Å²) >= 11 is 0. The van der Waals surface area contributed by atoms with Crippen molar-refractivity contribution in [1.29, 1.82) is 0 Å². The third kappa shape index (κ3) is 2.74. The lowest BCUT2D eigenvalue weighted by molar-refractivity contribution is 0.195. The first-order chi connectivity index (χ1) is 9.54. The zero-order chi connectivity index (χ0) is 14.2. The van der Waals surface area contributed by atoms with Crippen LogP contribution >= 0.6 is 0 Å². The molecule has 0 bridgehead atoms. The Bertz CT molecular complexity index is 498. The predicted molar refractivity (Wildman–Crippen MR) is 85.5 cm³/mol. The number of fused-ring (bicyclic) bond motifs is 3. The molecule has 1 aliphatic heterocycles. The fourth-order valence-electron chi connectivity index (χ4n) is 3.63. The molecule has 2 atom stereocenters. The van der Waals surface area contributed by atoms with Crippen molar-refractivity contribution in [3.05, 3.63) is 35.4 Å². The van der Waals surface area contributed by atoms with E-state index in [9.17, 15) is 0 Å². The molecule has 0 amide bonds. The van der Waals surface area contributed by atoms with Gasteiger partial charge in [0.05, 0.1) is 11.9 Å². The van der Waals surface area contributed by atoms with E-state index in [0.29, 0.717) is 12.0 Å². The summed E-state index contributed by atoms with van der Waals surface area (Å²) in [5.74, 6) is 0.708. The highest BCUT2D eigenvalue weighted by Crippen LogP contribution is 2.40. The van der Waals surface area contributed by atoms with E-state index in [4.69, 9.17) is 4.99 Å². The highest BCUT2D eigenvalue weighted by Gasteiger charge is 2.35. The SMILES string of the molecule is CC(C)(C)N=CN1CCC[C@@H]2c3ccccc3CC[C@@H]21. The minimum atomic E-state index is 0.0273. The largest absolute Gasteiger partial charge is 0.359 e. The minimum absolute atomic E-state index is 0.0273. The van der Waals surface area contributed by atoms with Crippen LogP contribution in [0, 0.1) is 0 Å². The summed E-state index contributed by atoms with van der Waals surface area (Å²) in [5, 5.41) is 0. The summed E-state index contributed by atoms with van der Waals surface area (Å²) in [7, 11) is 0. The van der Waals surface area contributed by atoms with Gasteiger partial charge >= 0.3 is 0 Å². The van der Waals surface area contributed by atoms with Crippen molar-refractivity contribution in [2.24, 2.45) is 4.99 Å². The number of aliphatic imine (C=N–C) groups is 1. The number of hydrogen-bond acceptors (Lipinski definition) is 1. The van der Waals surface area contributed by atoms with Gasteiger partial charge in [0.1, 0.15) is 0 Å². The molecule has 1 heterocycles. The fourth-order valence-corrected chi connectivity index (χ4v) is 3.63. The molecule has 2 heteroatoms. The smallest absolute Gasteiger partial charge is 0.0859 e. The fraction of sp³-hybridized carbons (Fsp3) is 0.611. The highest BCUT2D eigenvalue weighted by molar-refractivity contribution is 5.57. The van der Waals surface area contributed by atoms with E-state index >= 15 is 0 Å². The molecule has 0 unspecified atom stereocenters. The average Bonchev–Trinajstić information content (AvgIpc) is 2.44. The van der Waals surface area contributed by atoms with Crippen molar-refractivity contribution in [3.63, 3.8) is 0 Å². The molecule has 1 aliphatic carbocycles. The normalized spacial score (nSPS) is 26.4. The van der Waals surface area contributed by atoms with Gasteiger partial charge in [-0.25, -0.2) is 0 Å². The maximum Gasteiger partial charge on any atom is 0.0859 e. The van der Waals surface area contributed by atoms with Crippen LogP contribution in [0.25, 0.3) is 0 Å². The third-order valence-corrected chi connectivity index (χ3v) is 4.58. The van der Waals surface area contributed by atoms with Crippen LogP contribution in [-0.4, -0.2) is 29.4 Å². The van der Waals surface area contributed by atoms with Crippen LogP contribution < -0.4 is 0 Å².